The zero-order chi connectivity index (χ0) is 13.4. The Morgan fingerprint density at radius 1 is 1.39 bits per heavy atom. The van der Waals surface area contributed by atoms with Gasteiger partial charge in [0.05, 0.1) is 6.61 Å². The van der Waals surface area contributed by atoms with Gasteiger partial charge in [0.25, 0.3) is 0 Å². The third-order valence-electron chi connectivity index (χ3n) is 2.58. The monoisotopic (exact) mass is 253 g/mol. The third kappa shape index (κ3) is 4.87. The van der Waals surface area contributed by atoms with Crippen LogP contribution in [-0.2, 0) is 11.3 Å². The molecule has 0 bridgehead atoms. The Morgan fingerprint density at radius 3 is 2.78 bits per heavy atom. The Kier molecular flexibility index (Phi) is 6.43. The normalized spacial score (nSPS) is 12.2. The number of ether oxygens (including phenoxy) is 2. The number of nitrogens with one attached hydrogen (secondary N) is 1. The first kappa shape index (κ1) is 14.7. The molecule has 0 aliphatic carbocycles. The average Bonchev–Trinajstić information content (AvgIpc) is 2.37. The second-order valence-electron chi connectivity index (χ2n) is 4.40. The summed E-state index contributed by atoms with van der Waals surface area (Å²) >= 11 is 0. The van der Waals surface area contributed by atoms with Gasteiger partial charge in [-0.15, -0.1) is 0 Å². The van der Waals surface area contributed by atoms with Crippen LogP contribution in [-0.4, -0.2) is 30.7 Å². The number of rotatable bonds is 8. The van der Waals surface area contributed by atoms with Crippen molar-refractivity contribution in [1.82, 2.24) is 9.97 Å². The average molecular weight is 253 g/mol. The lowest BCUT2D eigenvalue weighted by Gasteiger charge is -2.12. The van der Waals surface area contributed by atoms with Crippen molar-refractivity contribution in [1.29, 1.82) is 0 Å². The van der Waals surface area contributed by atoms with Crippen molar-refractivity contribution in [2.24, 2.45) is 5.92 Å². The number of methoxy groups -OCH3 is 1. The van der Waals surface area contributed by atoms with E-state index in [1.165, 1.54) is 6.42 Å². The molecule has 1 aromatic rings. The lowest BCUT2D eigenvalue weighted by atomic mass is 10.1. The summed E-state index contributed by atoms with van der Waals surface area (Å²) in [5, 5.41) is 2.99. The zero-order valence-corrected chi connectivity index (χ0v) is 11.7. The predicted octanol–water partition coefficient (Wildman–Crippen LogP) is 2.48. The van der Waals surface area contributed by atoms with E-state index in [1.807, 2.05) is 7.05 Å². The highest BCUT2D eigenvalue weighted by Gasteiger charge is 2.07. The fourth-order valence-corrected chi connectivity index (χ4v) is 1.67. The van der Waals surface area contributed by atoms with Crippen molar-refractivity contribution in [3.63, 3.8) is 0 Å². The predicted molar refractivity (Wildman–Crippen MR) is 71.9 cm³/mol. The van der Waals surface area contributed by atoms with Gasteiger partial charge in [-0.25, -0.2) is 4.98 Å². The van der Waals surface area contributed by atoms with Crippen molar-refractivity contribution in [2.75, 3.05) is 26.1 Å². The van der Waals surface area contributed by atoms with Gasteiger partial charge in [-0.1, -0.05) is 20.3 Å². The van der Waals surface area contributed by atoms with E-state index in [0.29, 0.717) is 30.8 Å². The van der Waals surface area contributed by atoms with Gasteiger partial charge in [0.1, 0.15) is 12.4 Å². The largest absolute Gasteiger partial charge is 0.477 e. The number of anilines is 1. The van der Waals surface area contributed by atoms with E-state index in [9.17, 15) is 0 Å². The van der Waals surface area contributed by atoms with E-state index < -0.39 is 0 Å². The highest BCUT2D eigenvalue weighted by atomic mass is 16.5. The molecule has 1 N–H and O–H groups in total. The maximum atomic E-state index is 5.70. The summed E-state index contributed by atoms with van der Waals surface area (Å²) in [5.74, 6) is 2.51. The van der Waals surface area contributed by atoms with E-state index in [-0.39, 0.29) is 0 Å². The molecule has 0 saturated carbocycles. The van der Waals surface area contributed by atoms with E-state index >= 15 is 0 Å². The van der Waals surface area contributed by atoms with E-state index in [4.69, 9.17) is 9.47 Å². The highest BCUT2D eigenvalue weighted by molar-refractivity contribution is 5.37. The Bertz CT molecular complexity index is 358. The Labute approximate surface area is 109 Å². The second kappa shape index (κ2) is 7.87. The molecular formula is C13H23N3O2. The molecule has 0 saturated heterocycles. The number of hydrogen-bond donors (Lipinski definition) is 1. The van der Waals surface area contributed by atoms with Gasteiger partial charge in [0, 0.05) is 20.2 Å². The van der Waals surface area contributed by atoms with Crippen LogP contribution in [0, 0.1) is 5.92 Å². The van der Waals surface area contributed by atoms with Gasteiger partial charge >= 0.3 is 0 Å². The molecule has 1 rings (SSSR count). The minimum absolute atomic E-state index is 0.385. The van der Waals surface area contributed by atoms with Crippen LogP contribution in [0.4, 0.5) is 5.82 Å². The van der Waals surface area contributed by atoms with E-state index in [0.717, 1.165) is 12.2 Å². The molecule has 0 amide bonds. The smallest absolute Gasteiger partial charge is 0.218 e. The third-order valence-corrected chi connectivity index (χ3v) is 2.58. The minimum atomic E-state index is 0.385. The van der Waals surface area contributed by atoms with Gasteiger partial charge < -0.3 is 14.8 Å². The zero-order valence-electron chi connectivity index (χ0n) is 11.7. The molecule has 18 heavy (non-hydrogen) atoms. The maximum absolute atomic E-state index is 5.70. The topological polar surface area (TPSA) is 56.3 Å². The SMILES string of the molecule is CCCC(C)COc1cc(NC)nc(COC)n1. The summed E-state index contributed by atoms with van der Waals surface area (Å²) in [6, 6.07) is 1.80. The number of aromatic nitrogens is 2. The summed E-state index contributed by atoms with van der Waals surface area (Å²) in [6.45, 7) is 5.42. The molecular weight excluding hydrogens is 230 g/mol. The molecule has 1 aromatic heterocycles. The molecule has 102 valence electrons. The van der Waals surface area contributed by atoms with Crippen LogP contribution in [0.15, 0.2) is 6.07 Å². The molecule has 0 aromatic carbocycles. The minimum Gasteiger partial charge on any atom is -0.477 e. The van der Waals surface area contributed by atoms with Gasteiger partial charge in [-0.2, -0.15) is 4.98 Å². The molecule has 1 heterocycles. The molecule has 0 fully saturated rings. The standard InChI is InChI=1S/C13H23N3O2/c1-5-6-10(2)8-18-13-7-11(14-3)15-12(16-13)9-17-4/h7,10H,5-6,8-9H2,1-4H3,(H,14,15,16). The summed E-state index contributed by atoms with van der Waals surface area (Å²) in [7, 11) is 3.45. The Morgan fingerprint density at radius 2 is 2.17 bits per heavy atom. The lowest BCUT2D eigenvalue weighted by Crippen LogP contribution is -2.11. The molecule has 0 radical (unpaired) electrons. The van der Waals surface area contributed by atoms with Crippen LogP contribution in [0.3, 0.4) is 0 Å². The van der Waals surface area contributed by atoms with E-state index in [2.05, 4.69) is 29.1 Å². The first-order valence-corrected chi connectivity index (χ1v) is 6.37. The van der Waals surface area contributed by atoms with Crippen LogP contribution in [0.1, 0.15) is 32.5 Å². The van der Waals surface area contributed by atoms with Gasteiger partial charge in [0.15, 0.2) is 5.82 Å². The quantitative estimate of drug-likeness (QED) is 0.771. The van der Waals surface area contributed by atoms with Crippen molar-refractivity contribution in [3.8, 4) is 5.88 Å². The highest BCUT2D eigenvalue weighted by Crippen LogP contribution is 2.15. The molecule has 1 atom stereocenters. The van der Waals surface area contributed by atoms with Crippen LogP contribution >= 0.6 is 0 Å². The van der Waals surface area contributed by atoms with Crippen LogP contribution in [0.25, 0.3) is 0 Å². The fourth-order valence-electron chi connectivity index (χ4n) is 1.67. The Balaban J connectivity index is 2.65. The number of hydrogen-bond acceptors (Lipinski definition) is 5. The van der Waals surface area contributed by atoms with Gasteiger partial charge in [-0.3, -0.25) is 0 Å². The lowest BCUT2D eigenvalue weighted by molar-refractivity contribution is 0.175. The molecule has 5 nitrogen and oxygen atoms in total. The van der Waals surface area contributed by atoms with Gasteiger partial charge in [0.2, 0.25) is 5.88 Å². The first-order valence-electron chi connectivity index (χ1n) is 6.37. The van der Waals surface area contributed by atoms with Crippen LogP contribution < -0.4 is 10.1 Å². The van der Waals surface area contributed by atoms with Crippen molar-refractivity contribution in [3.05, 3.63) is 11.9 Å². The first-order chi connectivity index (χ1) is 8.69. The Hall–Kier alpha value is -1.36. The summed E-state index contributed by atoms with van der Waals surface area (Å²) in [6.07, 6.45) is 2.33. The maximum Gasteiger partial charge on any atom is 0.218 e. The summed E-state index contributed by atoms with van der Waals surface area (Å²) in [5.41, 5.74) is 0. The number of nitrogens with zero attached hydrogens (tertiary/aromatic N) is 2. The van der Waals surface area contributed by atoms with Crippen LogP contribution in [0.5, 0.6) is 5.88 Å². The van der Waals surface area contributed by atoms with Crippen molar-refractivity contribution in [2.45, 2.75) is 33.3 Å². The molecule has 0 aliphatic heterocycles. The molecule has 0 spiro atoms. The van der Waals surface area contributed by atoms with Crippen molar-refractivity contribution >= 4 is 5.82 Å². The molecule has 1 unspecified atom stereocenters. The van der Waals surface area contributed by atoms with Crippen molar-refractivity contribution < 1.29 is 9.47 Å². The summed E-state index contributed by atoms with van der Waals surface area (Å²) in [4.78, 5) is 8.58. The molecule has 0 aliphatic rings. The van der Waals surface area contributed by atoms with Gasteiger partial charge in [-0.05, 0) is 12.3 Å². The van der Waals surface area contributed by atoms with Crippen LogP contribution in [0.2, 0.25) is 0 Å². The molecule has 5 heteroatoms. The van der Waals surface area contributed by atoms with E-state index in [1.54, 1.807) is 13.2 Å². The fraction of sp³-hybridized carbons (Fsp3) is 0.692. The second-order valence-corrected chi connectivity index (χ2v) is 4.40. The summed E-state index contributed by atoms with van der Waals surface area (Å²) < 4.78 is 10.7.